The normalized spacial score (nSPS) is 16.7. The Morgan fingerprint density at radius 2 is 0.664 bits per heavy atom. The van der Waals surface area contributed by atoms with Crippen LogP contribution in [0.4, 0.5) is 53.9 Å². The van der Waals surface area contributed by atoms with Crippen LogP contribution >= 0.6 is 128 Å². The molecule has 0 aromatic heterocycles. The van der Waals surface area contributed by atoms with Crippen LogP contribution in [-0.4, -0.2) is 162 Å². The molecule has 9 aromatic rings. The predicted octanol–water partition coefficient (Wildman–Crippen LogP) is 28.6. The number of rotatable bonds is 22. The lowest BCUT2D eigenvalue weighted by molar-refractivity contribution is -0.143. The van der Waals surface area contributed by atoms with Gasteiger partial charge in [0.1, 0.15) is 48.7 Å². The van der Waals surface area contributed by atoms with Crippen LogP contribution in [0.1, 0.15) is 180 Å². The van der Waals surface area contributed by atoms with Crippen molar-refractivity contribution in [2.75, 3.05) is 82.9 Å². The van der Waals surface area contributed by atoms with Gasteiger partial charge in [-0.1, -0.05) is 199 Å². The van der Waals surface area contributed by atoms with Crippen LogP contribution in [0.5, 0.6) is 11.5 Å². The van der Waals surface area contributed by atoms with E-state index in [9.17, 15) is 88.4 Å². The van der Waals surface area contributed by atoms with Gasteiger partial charge >= 0.3 is 46.0 Å². The molecule has 17 nitrogen and oxygen atoms in total. The molecule has 37 heteroatoms. The quantitative estimate of drug-likeness (QED) is 0.0214. The number of aliphatic carboxylic acids is 1. The molecular formula is C103H108BBr3Cl7F9N4O13. The van der Waals surface area contributed by atoms with Gasteiger partial charge in [-0.25, -0.2) is 14.4 Å². The zero-order chi connectivity index (χ0) is 102. The summed E-state index contributed by atoms with van der Waals surface area (Å²) >= 11 is 42.8. The second-order valence-electron chi connectivity index (χ2n) is 34.1. The SMILES string of the molecule is BrB(Br)Br.Cc1cc(C(F)(F)F)ccc1CCCC(=O)[C@@H]1CCCN(C(=O)OCC2c3ccccc3-c3ccccc32)C1.ClC(Cl)Cl.ClCCl.ClCCl.O=C(CCCc1ccc(C(F)(F)F)cc1O)[C@@H]1CCCN(C(=O)OCC2c3ccccc3-c3ccccc32)C1.O=C(CCCc1ccc(C(F)(F)F)cc1O)[C@@H]1CCCNC1.O=C(O)[C@@H]1CCCN(C(=O)OCC2c3ccccc3-c3ccccc32)C1. The number of carbonyl (C=O) groups excluding carboxylic acids is 6. The minimum absolute atomic E-state index is 0.0116. The van der Waals surface area contributed by atoms with Gasteiger partial charge < -0.3 is 49.5 Å². The number of carboxylic acid groups (broad SMARTS) is 1. The largest absolute Gasteiger partial charge is 0.508 e. The molecule has 140 heavy (non-hydrogen) atoms. The fourth-order valence-corrected chi connectivity index (χ4v) is 18.4. The summed E-state index contributed by atoms with van der Waals surface area (Å²) in [7, 11) is 0. The molecule has 0 saturated carbocycles. The van der Waals surface area contributed by atoms with Crippen molar-refractivity contribution in [1.82, 2.24) is 20.0 Å². The summed E-state index contributed by atoms with van der Waals surface area (Å²) in [6, 6.07) is 58.6. The number of benzene rings is 9. The smallest absolute Gasteiger partial charge is 0.416 e. The van der Waals surface area contributed by atoms with Crippen molar-refractivity contribution in [1.29, 1.82) is 0 Å². The first-order valence-electron chi connectivity index (χ1n) is 45.6. The van der Waals surface area contributed by atoms with E-state index in [1.54, 1.807) is 16.7 Å². The van der Waals surface area contributed by atoms with Crippen molar-refractivity contribution < 1.29 is 103 Å². The van der Waals surface area contributed by atoms with Crippen LogP contribution in [0, 0.1) is 30.6 Å². The van der Waals surface area contributed by atoms with Crippen LogP contribution < -0.4 is 5.32 Å². The van der Waals surface area contributed by atoms with Gasteiger partial charge in [0.25, 0.3) is 0 Å². The molecule has 4 N–H and O–H groups in total. The number of nitrogens with one attached hydrogen (secondary N) is 1. The maximum absolute atomic E-state index is 13.0. The number of ether oxygens (including phenoxy) is 3. The first-order valence-corrected chi connectivity index (χ1v) is 51.8. The Bertz CT molecular complexity index is 5240. The van der Waals surface area contributed by atoms with Crippen molar-refractivity contribution in [3.63, 3.8) is 0 Å². The summed E-state index contributed by atoms with van der Waals surface area (Å²) in [4.78, 5) is 92.2. The van der Waals surface area contributed by atoms with Crippen molar-refractivity contribution in [3.05, 3.63) is 273 Å². The Morgan fingerprint density at radius 3 is 0.936 bits per heavy atom. The molecule has 4 saturated heterocycles. The molecule has 4 atom stereocenters. The van der Waals surface area contributed by atoms with Crippen LogP contribution in [-0.2, 0) is 71.2 Å². The van der Waals surface area contributed by atoms with E-state index in [1.165, 1.54) is 56.5 Å². The van der Waals surface area contributed by atoms with E-state index in [0.717, 1.165) is 102 Å². The Labute approximate surface area is 869 Å². The van der Waals surface area contributed by atoms with E-state index < -0.39 is 75.4 Å². The van der Waals surface area contributed by atoms with Crippen LogP contribution in [0.3, 0.4) is 0 Å². The zero-order valence-electron chi connectivity index (χ0n) is 76.4. The van der Waals surface area contributed by atoms with Crippen LogP contribution in [0.2, 0.25) is 0 Å². The molecule has 3 amide bonds. The number of carbonyl (C=O) groups is 7. The van der Waals surface area contributed by atoms with Crippen molar-refractivity contribution >= 4 is 173 Å². The third-order valence-electron chi connectivity index (χ3n) is 25.2. The Morgan fingerprint density at radius 1 is 0.407 bits per heavy atom. The van der Waals surface area contributed by atoms with Gasteiger partial charge in [-0.15, -0.1) is 93.7 Å². The standard InChI is InChI=1S/C32H32F3NO3.C31H30F3NO4.C21H21NO4.C16H20F3NO2.CHCl3.2CH2Cl2.BBr3/c1-21-18-24(32(33,34)35)16-15-22(21)8-6-14-30(37)23-9-7-17-36(19-23)31(38)39-20-29-27-12-4-2-10-25(27)26-11-3-5-13-28(26)29;32-31(33,34)22-15-14-20(29(37)17-22)7-5-13-28(36)21-8-6-16-35(18-21)30(38)39-19-27-25-11-3-1-9-23(25)24-10-2-4-12-26(24)27;23-20(24)14-6-5-11-22(12-14)21(25)26-13-19-17-9-3-1-7-15(17)16-8-2-4-10-18(16)19;17-16(18,19)13-7-6-11(15(22)9-13)3-1-5-14(21)12-4-2-8-20-10-12;2-1(3)4;2*2-1-3;2-1(3)4/h2-5,10-13,15-16,18,23,29H,6-9,14,17,19-20H2,1H3;1-4,9-12,14-15,17,21,27,37H,5-8,13,16,18-19H2;1-4,7-10,14,19H,5-6,11-13H2,(H,23,24);6-7,9,12,20,22H,1-5,8,10H2;1H;2*1H2;/t23-;21-;14-;12-;;;;/m1111..../s1. The summed E-state index contributed by atoms with van der Waals surface area (Å²) in [6.45, 7) is 6.56. The maximum Gasteiger partial charge on any atom is 0.416 e. The van der Waals surface area contributed by atoms with E-state index in [4.69, 9.17) is 95.4 Å². The van der Waals surface area contributed by atoms with E-state index in [-0.39, 0.29) is 105 Å². The molecule has 0 spiro atoms. The average molecular weight is 2280 g/mol. The summed E-state index contributed by atoms with van der Waals surface area (Å²) in [5.41, 5.74) is 13.7. The highest BCUT2D eigenvalue weighted by molar-refractivity contribution is 9.69. The molecule has 0 radical (unpaired) electrons. The number of amides is 3. The molecular weight excluding hydrogens is 2170 g/mol. The number of hydrogen-bond acceptors (Lipinski definition) is 13. The second kappa shape index (κ2) is 56.9. The van der Waals surface area contributed by atoms with Gasteiger partial charge in [-0.05, 0) is 229 Å². The number of halogens is 19. The monoisotopic (exact) mass is 2270 g/mol. The number of alkyl halides is 16. The van der Waals surface area contributed by atoms with Gasteiger partial charge in [0.2, 0.25) is 0 Å². The molecule has 7 aliphatic rings. The summed E-state index contributed by atoms with van der Waals surface area (Å²) in [5, 5.41) is 32.4. The lowest BCUT2D eigenvalue weighted by atomic mass is 9.90. The number of aryl methyl sites for hydroxylation is 4. The number of nitrogens with zero attached hydrogens (tertiary/aromatic N) is 3. The number of likely N-dealkylation sites (tertiary alicyclic amines) is 3. The Hall–Kier alpha value is -8.27. The van der Waals surface area contributed by atoms with Gasteiger partial charge in [-0.3, -0.25) is 19.2 Å². The predicted molar refractivity (Wildman–Crippen MR) is 545 cm³/mol. The second-order valence-corrected chi connectivity index (χ2v) is 44.2. The summed E-state index contributed by atoms with van der Waals surface area (Å²) in [5.74, 6) is -2.35. The van der Waals surface area contributed by atoms with E-state index in [1.807, 2.05) is 72.8 Å². The van der Waals surface area contributed by atoms with Gasteiger partial charge in [-0.2, -0.15) is 39.5 Å². The topological polar surface area (TPSA) is 230 Å². The molecule has 0 unspecified atom stereocenters. The van der Waals surface area contributed by atoms with Gasteiger partial charge in [0.15, 0.2) is 4.30 Å². The number of Topliss-reactive ketones (excluding diaryl/α,β-unsaturated/α-hetero) is 3. The number of phenols is 2. The number of carboxylic acids is 1. The fraction of sp³-hybridized carbons (Fsp3) is 0.408. The molecule has 4 aliphatic heterocycles. The molecule has 754 valence electrons. The highest BCUT2D eigenvalue weighted by Crippen LogP contribution is 2.49. The minimum atomic E-state index is -4.52. The molecule has 16 rings (SSSR count). The average Bonchev–Trinajstić information content (AvgIpc) is 1.62. The molecule has 4 heterocycles. The molecule has 9 aromatic carbocycles. The highest BCUT2D eigenvalue weighted by atomic mass is 79.9. The molecule has 3 aliphatic carbocycles. The number of hydrogen-bond donors (Lipinski definition) is 4. The number of aromatic hydroxyl groups is 2. The summed E-state index contributed by atoms with van der Waals surface area (Å²) < 4.78 is 131. The molecule has 4 fully saturated rings. The Balaban J connectivity index is 0.000000203. The maximum atomic E-state index is 13.0. The molecule has 0 bridgehead atoms. The third-order valence-corrected chi connectivity index (χ3v) is 25.2. The number of fused-ring (bicyclic) bond motifs is 9. The van der Waals surface area contributed by atoms with Crippen molar-refractivity contribution in [2.45, 2.75) is 157 Å². The van der Waals surface area contributed by atoms with Crippen molar-refractivity contribution in [2.24, 2.45) is 23.7 Å². The third kappa shape index (κ3) is 34.5. The van der Waals surface area contributed by atoms with Gasteiger partial charge in [0, 0.05) is 101 Å². The lowest BCUT2D eigenvalue weighted by Gasteiger charge is -2.31. The first kappa shape index (κ1) is 115. The summed E-state index contributed by atoms with van der Waals surface area (Å²) in [6.07, 6.45) is -4.85. The van der Waals surface area contributed by atoms with Crippen LogP contribution in [0.15, 0.2) is 200 Å². The van der Waals surface area contributed by atoms with E-state index in [2.05, 4.69) is 125 Å². The number of piperidine rings is 4. The van der Waals surface area contributed by atoms with Gasteiger partial charge in [0.05, 0.1) is 33.3 Å². The van der Waals surface area contributed by atoms with E-state index >= 15 is 0 Å². The fourth-order valence-electron chi connectivity index (χ4n) is 18.4. The van der Waals surface area contributed by atoms with Crippen molar-refractivity contribution in [3.8, 4) is 44.9 Å². The van der Waals surface area contributed by atoms with E-state index in [0.29, 0.717) is 139 Å². The highest BCUT2D eigenvalue weighted by Gasteiger charge is 2.39. The minimum Gasteiger partial charge on any atom is -0.508 e. The first-order chi connectivity index (χ1) is 66.8. The number of phenolic OH excluding ortho intramolecular Hbond substituents is 2. The Kier molecular flexibility index (Phi) is 46.8. The lowest BCUT2D eigenvalue weighted by Crippen LogP contribution is -2.42. The zero-order valence-corrected chi connectivity index (χ0v) is 86.5. The number of ketones is 3. The van der Waals surface area contributed by atoms with Crippen LogP contribution in [0.25, 0.3) is 33.4 Å².